The Kier molecular flexibility index (Phi) is 6.38. The van der Waals surface area contributed by atoms with Crippen molar-refractivity contribution >= 4 is 52.6 Å². The summed E-state index contributed by atoms with van der Waals surface area (Å²) in [6.45, 7) is 3.19. The number of hydrogen-bond acceptors (Lipinski definition) is 7. The normalized spacial score (nSPS) is 23.9. The molecule has 164 valence electrons. The predicted octanol–water partition coefficient (Wildman–Crippen LogP) is 3.67. The van der Waals surface area contributed by atoms with E-state index in [0.717, 1.165) is 0 Å². The van der Waals surface area contributed by atoms with Gasteiger partial charge in [0.1, 0.15) is 19.8 Å². The summed E-state index contributed by atoms with van der Waals surface area (Å²) in [5.74, 6) is -0.136. The van der Waals surface area contributed by atoms with Crippen molar-refractivity contribution in [2.45, 2.75) is 22.6 Å². The van der Waals surface area contributed by atoms with Gasteiger partial charge in [-0.05, 0) is 25.5 Å². The number of rotatable bonds is 6. The number of anilines is 1. The van der Waals surface area contributed by atoms with Gasteiger partial charge in [0.2, 0.25) is 0 Å². The van der Waals surface area contributed by atoms with Gasteiger partial charge in [-0.15, -0.1) is 0 Å². The highest BCUT2D eigenvalue weighted by molar-refractivity contribution is 14.1. The van der Waals surface area contributed by atoms with E-state index in [0.29, 0.717) is 16.7 Å². The second-order valence-electron chi connectivity index (χ2n) is 7.52. The Hall–Kier alpha value is -1.95. The lowest BCUT2D eigenvalue weighted by Gasteiger charge is -2.17. The van der Waals surface area contributed by atoms with Crippen LogP contribution in [0.3, 0.4) is 0 Å². The minimum absolute atomic E-state index is 0.000873. The second-order valence-corrected chi connectivity index (χ2v) is 12.4. The van der Waals surface area contributed by atoms with Crippen molar-refractivity contribution in [1.82, 2.24) is 19.5 Å². The summed E-state index contributed by atoms with van der Waals surface area (Å²) in [5.41, 5.74) is 1.09. The van der Waals surface area contributed by atoms with Crippen LogP contribution in [0.2, 0.25) is 0 Å². The maximum atomic E-state index is 15.0. The van der Waals surface area contributed by atoms with Gasteiger partial charge in [0.05, 0.1) is 10.3 Å². The molecule has 0 spiro atoms. The Bertz CT molecular complexity index is 1140. The lowest BCUT2D eigenvalue weighted by molar-refractivity contribution is -0.138. The van der Waals surface area contributed by atoms with Crippen LogP contribution in [0.1, 0.15) is 16.6 Å². The smallest absolute Gasteiger partial charge is 0.256 e. The molecule has 0 aliphatic carbocycles. The van der Waals surface area contributed by atoms with Gasteiger partial charge in [-0.3, -0.25) is 9.36 Å². The number of nitrogens with zero attached hydrogens (tertiary/aromatic N) is 4. The summed E-state index contributed by atoms with van der Waals surface area (Å²) in [5, 5.41) is 2.71. The fourth-order valence-corrected chi connectivity index (χ4v) is 4.34. The SMILES string of the molecule is CP(C)(=O)CO[C@H]1O[C@@H](n2cnc3c(NC(=O)c4ccccc4)ncnc32)C(F)[C@@H]1I. The molecular formula is C19H20FIN5O4P. The molecule has 0 bridgehead atoms. The minimum Gasteiger partial charge on any atom is -0.344 e. The van der Waals surface area contributed by atoms with Crippen molar-refractivity contribution in [2.24, 2.45) is 0 Å². The summed E-state index contributed by atoms with van der Waals surface area (Å²) in [6.07, 6.45) is -0.635. The molecule has 1 N–H and O–H groups in total. The Morgan fingerprint density at radius 3 is 2.74 bits per heavy atom. The number of nitrogens with one attached hydrogen (secondary N) is 1. The zero-order chi connectivity index (χ0) is 22.2. The molecule has 1 aliphatic rings. The molecule has 2 aromatic heterocycles. The van der Waals surface area contributed by atoms with Crippen molar-refractivity contribution < 1.29 is 23.2 Å². The largest absolute Gasteiger partial charge is 0.344 e. The van der Waals surface area contributed by atoms with E-state index < -0.39 is 29.8 Å². The van der Waals surface area contributed by atoms with E-state index in [2.05, 4.69) is 20.3 Å². The van der Waals surface area contributed by atoms with Crippen molar-refractivity contribution in [2.75, 3.05) is 25.0 Å². The number of aromatic nitrogens is 4. The first-order chi connectivity index (χ1) is 14.7. The maximum Gasteiger partial charge on any atom is 0.256 e. The van der Waals surface area contributed by atoms with Crippen LogP contribution in [0.4, 0.5) is 10.2 Å². The van der Waals surface area contributed by atoms with Crippen LogP contribution in [0.5, 0.6) is 0 Å². The number of halogens is 2. The second kappa shape index (κ2) is 8.89. The number of ether oxygens (including phenoxy) is 2. The fourth-order valence-electron chi connectivity index (χ4n) is 3.10. The van der Waals surface area contributed by atoms with Crippen molar-refractivity contribution in [1.29, 1.82) is 0 Å². The summed E-state index contributed by atoms with van der Waals surface area (Å²) in [4.78, 5) is 25.1. The van der Waals surface area contributed by atoms with Gasteiger partial charge in [-0.1, -0.05) is 40.8 Å². The average molecular weight is 559 g/mol. The first-order valence-electron chi connectivity index (χ1n) is 9.38. The number of carbonyl (C=O) groups excluding carboxylic acids is 1. The van der Waals surface area contributed by atoms with Crippen LogP contribution in [-0.2, 0) is 14.0 Å². The standard InChI is InChI=1S/C19H20FIN5O4P/c1-31(2,28)10-29-19-13(21)12(20)18(30-19)26-9-24-14-15(22-8-23-16(14)26)25-17(27)11-6-4-3-5-7-11/h3-9,12-13,18-19H,10H2,1-2H3,(H,22,23,25,27)/t12?,13-,18+,19-/m0/s1. The van der Waals surface area contributed by atoms with Crippen molar-refractivity contribution in [3.63, 3.8) is 0 Å². The van der Waals surface area contributed by atoms with E-state index in [1.807, 2.05) is 28.7 Å². The molecule has 1 saturated heterocycles. The van der Waals surface area contributed by atoms with Crippen LogP contribution in [0, 0.1) is 0 Å². The molecule has 3 heterocycles. The van der Waals surface area contributed by atoms with E-state index in [4.69, 9.17) is 9.47 Å². The summed E-state index contributed by atoms with van der Waals surface area (Å²) < 4.78 is 39.1. The first-order valence-corrected chi connectivity index (χ1v) is 13.4. The fraction of sp³-hybridized carbons (Fsp3) is 0.368. The zero-order valence-electron chi connectivity index (χ0n) is 16.7. The molecule has 1 fully saturated rings. The van der Waals surface area contributed by atoms with Gasteiger partial charge in [0.15, 0.2) is 35.7 Å². The number of fused-ring (bicyclic) bond motifs is 1. The van der Waals surface area contributed by atoms with Crippen LogP contribution in [0.15, 0.2) is 43.0 Å². The summed E-state index contributed by atoms with van der Waals surface area (Å²) in [6, 6.07) is 8.68. The number of imidazole rings is 1. The lowest BCUT2D eigenvalue weighted by atomic mass is 10.2. The highest BCUT2D eigenvalue weighted by Gasteiger charge is 2.46. The highest BCUT2D eigenvalue weighted by Crippen LogP contribution is 2.42. The number of alkyl halides is 2. The molecule has 1 amide bonds. The number of amides is 1. The molecule has 1 unspecified atom stereocenters. The van der Waals surface area contributed by atoms with E-state index in [1.54, 1.807) is 37.6 Å². The average Bonchev–Trinajstić information content (AvgIpc) is 3.29. The lowest BCUT2D eigenvalue weighted by Crippen LogP contribution is -2.24. The van der Waals surface area contributed by atoms with Gasteiger partial charge >= 0.3 is 0 Å². The Morgan fingerprint density at radius 1 is 1.29 bits per heavy atom. The molecule has 1 aromatic carbocycles. The molecular weight excluding hydrogens is 539 g/mol. The first kappa shape index (κ1) is 22.3. The Labute approximate surface area is 191 Å². The monoisotopic (exact) mass is 559 g/mol. The van der Waals surface area contributed by atoms with Crippen LogP contribution in [-0.4, -0.2) is 61.5 Å². The molecule has 3 aromatic rings. The Morgan fingerprint density at radius 2 is 2.03 bits per heavy atom. The zero-order valence-corrected chi connectivity index (χ0v) is 19.7. The van der Waals surface area contributed by atoms with Crippen LogP contribution >= 0.6 is 29.7 Å². The molecule has 0 radical (unpaired) electrons. The predicted molar refractivity (Wildman–Crippen MR) is 122 cm³/mol. The number of hydrogen-bond donors (Lipinski definition) is 1. The number of benzene rings is 1. The molecule has 12 heteroatoms. The van der Waals surface area contributed by atoms with Crippen molar-refractivity contribution in [3.05, 3.63) is 48.5 Å². The van der Waals surface area contributed by atoms with Gasteiger partial charge in [-0.2, -0.15) is 0 Å². The summed E-state index contributed by atoms with van der Waals surface area (Å²) >= 11 is 1.93. The van der Waals surface area contributed by atoms with Crippen molar-refractivity contribution in [3.8, 4) is 0 Å². The van der Waals surface area contributed by atoms with Gasteiger partial charge in [0, 0.05) is 5.56 Å². The third kappa shape index (κ3) is 4.79. The van der Waals surface area contributed by atoms with Gasteiger partial charge in [-0.25, -0.2) is 19.3 Å². The van der Waals surface area contributed by atoms with Gasteiger partial charge in [0.25, 0.3) is 5.91 Å². The maximum absolute atomic E-state index is 15.0. The molecule has 31 heavy (non-hydrogen) atoms. The molecule has 4 rings (SSSR count). The molecule has 4 atom stereocenters. The topological polar surface area (TPSA) is 108 Å². The quantitative estimate of drug-likeness (QED) is 0.279. The van der Waals surface area contributed by atoms with E-state index in [9.17, 15) is 9.36 Å². The third-order valence-corrected chi connectivity index (χ3v) is 6.61. The molecule has 9 nitrogen and oxygen atoms in total. The van der Waals surface area contributed by atoms with E-state index in [1.165, 1.54) is 17.2 Å². The third-order valence-electron chi connectivity index (χ3n) is 4.56. The van der Waals surface area contributed by atoms with Crippen LogP contribution in [0.25, 0.3) is 11.2 Å². The van der Waals surface area contributed by atoms with Gasteiger partial charge < -0.3 is 19.4 Å². The summed E-state index contributed by atoms with van der Waals surface area (Å²) in [7, 11) is -2.44. The van der Waals surface area contributed by atoms with E-state index in [-0.39, 0.29) is 18.1 Å². The molecule has 0 saturated carbocycles. The molecule has 1 aliphatic heterocycles. The van der Waals surface area contributed by atoms with Crippen LogP contribution < -0.4 is 5.32 Å². The highest BCUT2D eigenvalue weighted by atomic mass is 127. The minimum atomic E-state index is -2.44. The Balaban J connectivity index is 1.58. The number of carbonyl (C=O) groups is 1. The van der Waals surface area contributed by atoms with E-state index >= 15 is 4.39 Å².